The van der Waals surface area contributed by atoms with Gasteiger partial charge in [-0.3, -0.25) is 9.59 Å². The van der Waals surface area contributed by atoms with Crippen molar-refractivity contribution in [3.05, 3.63) is 22.4 Å². The van der Waals surface area contributed by atoms with Gasteiger partial charge in [0.05, 0.1) is 12.0 Å². The number of amides is 2. The Morgan fingerprint density at radius 1 is 1.19 bits per heavy atom. The Labute approximate surface area is 187 Å². The molecule has 168 valence electrons. The largest absolute Gasteiger partial charge is 0.451 e. The highest BCUT2D eigenvalue weighted by atomic mass is 32.1. The van der Waals surface area contributed by atoms with Crippen LogP contribution in [0.25, 0.3) is 0 Å². The zero-order chi connectivity index (χ0) is 21.6. The molecule has 1 saturated heterocycles. The molecule has 4 aliphatic carbocycles. The van der Waals surface area contributed by atoms with Gasteiger partial charge in [0.15, 0.2) is 6.10 Å². The van der Waals surface area contributed by atoms with E-state index in [0.29, 0.717) is 37.3 Å². The average molecular weight is 445 g/mol. The zero-order valence-corrected chi connectivity index (χ0v) is 19.0. The van der Waals surface area contributed by atoms with Gasteiger partial charge >= 0.3 is 5.97 Å². The normalized spacial score (nSPS) is 34.5. The Bertz CT molecular complexity index is 816. The van der Waals surface area contributed by atoms with E-state index in [1.165, 1.54) is 19.3 Å². The zero-order valence-electron chi connectivity index (χ0n) is 18.2. The predicted molar refractivity (Wildman–Crippen MR) is 117 cm³/mol. The molecule has 1 N–H and O–H groups in total. The number of likely N-dealkylation sites (tertiary alicyclic amines) is 1. The van der Waals surface area contributed by atoms with Crippen LogP contribution in [-0.4, -0.2) is 41.4 Å². The summed E-state index contributed by atoms with van der Waals surface area (Å²) < 4.78 is 5.52. The van der Waals surface area contributed by atoms with E-state index < -0.39 is 18.1 Å². The highest BCUT2D eigenvalue weighted by Crippen LogP contribution is 2.60. The summed E-state index contributed by atoms with van der Waals surface area (Å²) in [6.45, 7) is 2.65. The van der Waals surface area contributed by atoms with Crippen LogP contribution in [0.4, 0.5) is 0 Å². The standard InChI is InChI=1S/C24H32N2O4S/c1-15(21(27)25-14-19-4-3-7-31-19)30-22(28)20-5-2-6-26(20)23(29)24-11-16-8-17(12-24)10-18(9-16)13-24/h3-4,7,15-18,20H,2,5-6,8-14H2,1H3,(H,25,27). The van der Waals surface area contributed by atoms with Crippen molar-refractivity contribution in [2.24, 2.45) is 23.2 Å². The fourth-order valence-corrected chi connectivity index (χ4v) is 7.61. The number of esters is 1. The molecular formula is C24H32N2O4S. The lowest BCUT2D eigenvalue weighted by molar-refractivity contribution is -0.168. The number of carbonyl (C=O) groups is 3. The van der Waals surface area contributed by atoms with Crippen LogP contribution in [0.3, 0.4) is 0 Å². The molecule has 1 aliphatic heterocycles. The first-order valence-electron chi connectivity index (χ1n) is 11.8. The molecule has 31 heavy (non-hydrogen) atoms. The number of carbonyl (C=O) groups excluding carboxylic acids is 3. The van der Waals surface area contributed by atoms with Crippen molar-refractivity contribution in [3.8, 4) is 0 Å². The third kappa shape index (κ3) is 4.01. The molecule has 2 atom stereocenters. The summed E-state index contributed by atoms with van der Waals surface area (Å²) in [5.74, 6) is 1.51. The van der Waals surface area contributed by atoms with Gasteiger partial charge in [-0.15, -0.1) is 11.3 Å². The summed E-state index contributed by atoms with van der Waals surface area (Å²) in [6.07, 6.45) is 7.43. The van der Waals surface area contributed by atoms with E-state index in [0.717, 1.165) is 30.6 Å². The van der Waals surface area contributed by atoms with Crippen LogP contribution in [0.5, 0.6) is 0 Å². The van der Waals surface area contributed by atoms with E-state index in [1.807, 2.05) is 17.5 Å². The highest BCUT2D eigenvalue weighted by molar-refractivity contribution is 7.09. The topological polar surface area (TPSA) is 75.7 Å². The number of nitrogens with one attached hydrogen (secondary N) is 1. The summed E-state index contributed by atoms with van der Waals surface area (Å²) in [5, 5.41) is 4.78. The Morgan fingerprint density at radius 2 is 1.87 bits per heavy atom. The Kier molecular flexibility index (Phi) is 5.57. The molecule has 1 aromatic heterocycles. The molecule has 5 aliphatic rings. The maximum absolute atomic E-state index is 13.7. The lowest BCUT2D eigenvalue weighted by Gasteiger charge is -2.56. The first-order valence-corrected chi connectivity index (χ1v) is 12.6. The summed E-state index contributed by atoms with van der Waals surface area (Å²) in [6, 6.07) is 3.34. The molecule has 6 rings (SSSR count). The van der Waals surface area contributed by atoms with Crippen molar-refractivity contribution in [1.29, 1.82) is 0 Å². The van der Waals surface area contributed by atoms with Crippen molar-refractivity contribution in [2.75, 3.05) is 6.54 Å². The Morgan fingerprint density at radius 3 is 2.48 bits per heavy atom. The molecule has 0 radical (unpaired) electrons. The van der Waals surface area contributed by atoms with Crippen molar-refractivity contribution < 1.29 is 19.1 Å². The van der Waals surface area contributed by atoms with E-state index in [2.05, 4.69) is 5.32 Å². The smallest absolute Gasteiger partial charge is 0.329 e. The van der Waals surface area contributed by atoms with Gasteiger partial charge in [0.2, 0.25) is 5.91 Å². The molecular weight excluding hydrogens is 412 g/mol. The van der Waals surface area contributed by atoms with Crippen LogP contribution in [0.1, 0.15) is 63.2 Å². The summed E-state index contributed by atoms with van der Waals surface area (Å²) in [4.78, 5) is 41.9. The van der Waals surface area contributed by atoms with Gasteiger partial charge in [0.1, 0.15) is 6.04 Å². The van der Waals surface area contributed by atoms with Gasteiger partial charge in [0, 0.05) is 11.4 Å². The van der Waals surface area contributed by atoms with Crippen molar-refractivity contribution >= 4 is 29.1 Å². The van der Waals surface area contributed by atoms with Gasteiger partial charge in [-0.25, -0.2) is 4.79 Å². The predicted octanol–water partition coefficient (Wildman–Crippen LogP) is 3.50. The number of thiophene rings is 1. The molecule has 6 nitrogen and oxygen atoms in total. The number of rotatable bonds is 6. The lowest BCUT2D eigenvalue weighted by atomic mass is 9.49. The molecule has 7 heteroatoms. The second-order valence-corrected chi connectivity index (χ2v) is 11.3. The van der Waals surface area contributed by atoms with Crippen LogP contribution in [0.2, 0.25) is 0 Å². The SMILES string of the molecule is CC(OC(=O)C1CCCN1C(=O)C12CC3CC(CC(C3)C1)C2)C(=O)NCc1cccs1. The van der Waals surface area contributed by atoms with Crippen LogP contribution in [-0.2, 0) is 25.7 Å². The molecule has 0 spiro atoms. The van der Waals surface area contributed by atoms with E-state index in [4.69, 9.17) is 4.74 Å². The monoisotopic (exact) mass is 444 g/mol. The van der Waals surface area contributed by atoms with E-state index in [-0.39, 0.29) is 17.2 Å². The molecule has 0 aromatic carbocycles. The molecule has 2 amide bonds. The van der Waals surface area contributed by atoms with Gasteiger partial charge in [-0.1, -0.05) is 6.07 Å². The number of nitrogens with zero attached hydrogens (tertiary/aromatic N) is 1. The fraction of sp³-hybridized carbons (Fsp3) is 0.708. The fourth-order valence-electron chi connectivity index (χ4n) is 6.97. The second-order valence-electron chi connectivity index (χ2n) is 10.2. The summed E-state index contributed by atoms with van der Waals surface area (Å²) in [7, 11) is 0. The van der Waals surface area contributed by atoms with E-state index in [1.54, 1.807) is 23.2 Å². The van der Waals surface area contributed by atoms with Gasteiger partial charge in [-0.05, 0) is 87.5 Å². The molecule has 2 heterocycles. The van der Waals surface area contributed by atoms with Crippen molar-refractivity contribution in [2.45, 2.75) is 77.0 Å². The summed E-state index contributed by atoms with van der Waals surface area (Å²) >= 11 is 1.57. The molecule has 4 bridgehead atoms. The maximum atomic E-state index is 13.7. The third-order valence-electron chi connectivity index (χ3n) is 7.96. The third-order valence-corrected chi connectivity index (χ3v) is 8.83. The molecule has 2 unspecified atom stereocenters. The van der Waals surface area contributed by atoms with Crippen molar-refractivity contribution in [3.63, 3.8) is 0 Å². The number of hydrogen-bond donors (Lipinski definition) is 1. The van der Waals surface area contributed by atoms with Gasteiger partial charge in [-0.2, -0.15) is 0 Å². The van der Waals surface area contributed by atoms with Gasteiger partial charge < -0.3 is 15.0 Å². The second kappa shape index (κ2) is 8.23. The molecule has 1 aromatic rings. The number of ether oxygens (including phenoxy) is 1. The first-order chi connectivity index (χ1) is 14.9. The minimum Gasteiger partial charge on any atom is -0.451 e. The van der Waals surface area contributed by atoms with Crippen LogP contribution in [0.15, 0.2) is 17.5 Å². The average Bonchev–Trinajstić information content (AvgIpc) is 3.42. The maximum Gasteiger partial charge on any atom is 0.329 e. The minimum atomic E-state index is -0.871. The van der Waals surface area contributed by atoms with Crippen molar-refractivity contribution in [1.82, 2.24) is 10.2 Å². The van der Waals surface area contributed by atoms with E-state index in [9.17, 15) is 14.4 Å². The lowest BCUT2D eigenvalue weighted by Crippen LogP contribution is -2.56. The minimum absolute atomic E-state index is 0.181. The quantitative estimate of drug-likeness (QED) is 0.682. The highest BCUT2D eigenvalue weighted by Gasteiger charge is 2.57. The molecule has 4 saturated carbocycles. The number of hydrogen-bond acceptors (Lipinski definition) is 5. The van der Waals surface area contributed by atoms with Crippen LogP contribution in [0, 0.1) is 23.2 Å². The first kappa shape index (κ1) is 21.0. The summed E-state index contributed by atoms with van der Waals surface area (Å²) in [5.41, 5.74) is -0.249. The van der Waals surface area contributed by atoms with E-state index >= 15 is 0 Å². The van der Waals surface area contributed by atoms with Crippen LogP contribution >= 0.6 is 11.3 Å². The molecule has 5 fully saturated rings. The van der Waals surface area contributed by atoms with Gasteiger partial charge in [0.25, 0.3) is 5.91 Å². The Balaban J connectivity index is 1.20. The Hall–Kier alpha value is -1.89. The van der Waals surface area contributed by atoms with Crippen LogP contribution < -0.4 is 5.32 Å².